The van der Waals surface area contributed by atoms with Crippen molar-refractivity contribution in [3.05, 3.63) is 0 Å². The minimum Gasteiger partial charge on any atom is -0.403 e. The molecule has 0 aromatic carbocycles. The van der Waals surface area contributed by atoms with Crippen molar-refractivity contribution in [2.24, 2.45) is 5.73 Å². The molecule has 0 aromatic heterocycles. The summed E-state index contributed by atoms with van der Waals surface area (Å²) in [4.78, 5) is 0. The Hall–Kier alpha value is 0.00247. The van der Waals surface area contributed by atoms with Crippen LogP contribution in [-0.4, -0.2) is 21.0 Å². The molecule has 0 aliphatic heterocycles. The molecule has 0 bridgehead atoms. The minimum absolute atomic E-state index is 0.306. The molecule has 0 fully saturated rings. The maximum absolute atomic E-state index is 6.34. The Balaban J connectivity index is 2.80. The summed E-state index contributed by atoms with van der Waals surface area (Å²) in [6.45, 7) is 0. The number of rotatable bonds is 0. The summed E-state index contributed by atoms with van der Waals surface area (Å²) in [7, 11) is 0. The molecule has 22 valence electrons. The van der Waals surface area contributed by atoms with Crippen LogP contribution < -0.4 is 5.73 Å². The van der Waals surface area contributed by atoms with E-state index in [0.717, 1.165) is 0 Å². The van der Waals surface area contributed by atoms with Crippen LogP contribution in [-0.2, 0) is 0 Å². The van der Waals surface area contributed by atoms with Gasteiger partial charge in [0.2, 0.25) is 0 Å². The van der Waals surface area contributed by atoms with E-state index in [1.165, 1.54) is 0 Å². The third kappa shape index (κ3) is 331000. The van der Waals surface area contributed by atoms with Gasteiger partial charge in [-0.15, -0.1) is 0 Å². The first-order valence-corrected chi connectivity index (χ1v) is 2.04. The smallest absolute Gasteiger partial charge is 0.315 e. The number of hydrogen-bond acceptors (Lipinski definition) is 1. The molecule has 2 nitrogen and oxygen atoms in total. The SMILES string of the molecule is N=[C](N)[AlH2]. The van der Waals surface area contributed by atoms with Gasteiger partial charge in [0.25, 0.3) is 0 Å². The molecule has 0 aliphatic carbocycles. The average Bonchev–Trinajstić information content (AvgIpc) is 0.811. The van der Waals surface area contributed by atoms with Crippen molar-refractivity contribution in [1.29, 1.82) is 5.41 Å². The standard InChI is InChI=1S/CH3N2.Al.2H/c2-1-3;;;/h(H3,2,3);;;. The highest BCUT2D eigenvalue weighted by molar-refractivity contribution is 6.57. The van der Waals surface area contributed by atoms with Crippen molar-refractivity contribution >= 4 is 21.0 Å². The van der Waals surface area contributed by atoms with Gasteiger partial charge in [0.1, 0.15) is 0 Å². The first-order chi connectivity index (χ1) is 1.73. The molecule has 0 atom stereocenters. The predicted octanol–water partition coefficient (Wildman–Crippen LogP) is -1.49. The van der Waals surface area contributed by atoms with Gasteiger partial charge in [-0.1, -0.05) is 0 Å². The Morgan fingerprint density at radius 1 is 2.00 bits per heavy atom. The zero-order chi connectivity index (χ0) is 3.58. The van der Waals surface area contributed by atoms with Crippen LogP contribution in [0, 0.1) is 5.41 Å². The van der Waals surface area contributed by atoms with E-state index in [4.69, 9.17) is 11.1 Å². The van der Waals surface area contributed by atoms with Gasteiger partial charge in [-0.05, 0) is 4.70 Å². The molecule has 0 aromatic rings. The maximum atomic E-state index is 6.34. The molecule has 0 aliphatic rings. The maximum Gasteiger partial charge on any atom is 0.315 e. The molecule has 4 heavy (non-hydrogen) atoms. The fraction of sp³-hybridized carbons (Fsp3) is 0. The molecule has 0 saturated carbocycles. The first-order valence-electron chi connectivity index (χ1n) is 1.04. The van der Waals surface area contributed by atoms with Gasteiger partial charge < -0.3 is 11.1 Å². The van der Waals surface area contributed by atoms with Crippen molar-refractivity contribution < 1.29 is 0 Å². The van der Waals surface area contributed by atoms with Crippen LogP contribution in [0.4, 0.5) is 0 Å². The summed E-state index contributed by atoms with van der Waals surface area (Å²) in [5.41, 5.74) is 4.76. The van der Waals surface area contributed by atoms with E-state index in [1.807, 2.05) is 0 Å². The molecule has 0 unspecified atom stereocenters. The van der Waals surface area contributed by atoms with Crippen LogP contribution in [0.3, 0.4) is 0 Å². The van der Waals surface area contributed by atoms with Crippen LogP contribution in [0.15, 0.2) is 0 Å². The Labute approximate surface area is 32.9 Å². The van der Waals surface area contributed by atoms with Gasteiger partial charge in [-0.3, -0.25) is 0 Å². The van der Waals surface area contributed by atoms with Crippen LogP contribution in [0.5, 0.6) is 0 Å². The van der Waals surface area contributed by atoms with E-state index in [1.54, 1.807) is 0 Å². The van der Waals surface area contributed by atoms with Crippen molar-refractivity contribution in [3.63, 3.8) is 0 Å². The van der Waals surface area contributed by atoms with Crippen LogP contribution in [0.2, 0.25) is 0 Å². The summed E-state index contributed by atoms with van der Waals surface area (Å²) in [5.74, 6) is 0. The average molecular weight is 72.0 g/mol. The summed E-state index contributed by atoms with van der Waals surface area (Å²) < 4.78 is 0.306. The molecule has 0 radical (unpaired) electrons. The predicted molar refractivity (Wildman–Crippen MR) is 20.5 cm³/mol. The summed E-state index contributed by atoms with van der Waals surface area (Å²) in [6.07, 6.45) is 0. The first kappa shape index (κ1) is 4.00. The van der Waals surface area contributed by atoms with Crippen LogP contribution >= 0.6 is 0 Å². The summed E-state index contributed by atoms with van der Waals surface area (Å²) in [5, 5.41) is 6.34. The number of nitrogens with one attached hydrogen (secondary N) is 1. The zero-order valence-corrected chi connectivity index (χ0v) is 4.58. The van der Waals surface area contributed by atoms with Crippen LogP contribution in [0.1, 0.15) is 0 Å². The summed E-state index contributed by atoms with van der Waals surface area (Å²) >= 11 is 0.710. The second kappa shape index (κ2) is 1.34. The van der Waals surface area contributed by atoms with Crippen molar-refractivity contribution in [2.75, 3.05) is 0 Å². The second-order valence-corrected chi connectivity index (χ2v) is 1.76. The largest absolute Gasteiger partial charge is 0.403 e. The monoisotopic (exact) mass is 72.0 g/mol. The molecule has 3 N–H and O–H groups in total. The van der Waals surface area contributed by atoms with E-state index in [9.17, 15) is 0 Å². The Morgan fingerprint density at radius 3 is 2.00 bits per heavy atom. The molecule has 0 heterocycles. The van der Waals surface area contributed by atoms with Crippen LogP contribution in [0.25, 0.3) is 0 Å². The lowest BCUT2D eigenvalue weighted by molar-refractivity contribution is 1.50. The minimum atomic E-state index is 0.306. The van der Waals surface area contributed by atoms with Crippen molar-refractivity contribution in [3.8, 4) is 0 Å². The number of nitrogens with two attached hydrogens (primary N) is 1. The van der Waals surface area contributed by atoms with Gasteiger partial charge in [0.05, 0.1) is 0 Å². The van der Waals surface area contributed by atoms with E-state index in [2.05, 4.69) is 0 Å². The highest BCUT2D eigenvalue weighted by atomic mass is 27.0. The van der Waals surface area contributed by atoms with Crippen molar-refractivity contribution in [1.82, 2.24) is 0 Å². The number of amidine groups is 1. The van der Waals surface area contributed by atoms with Gasteiger partial charge in [-0.25, -0.2) is 0 Å². The van der Waals surface area contributed by atoms with Crippen molar-refractivity contribution in [2.45, 2.75) is 0 Å². The topological polar surface area (TPSA) is 49.9 Å². The fourth-order valence-electron chi connectivity index (χ4n) is 0. The lowest BCUT2D eigenvalue weighted by Gasteiger charge is -1.67. The van der Waals surface area contributed by atoms with E-state index in [0.29, 0.717) is 21.0 Å². The Morgan fingerprint density at radius 2 is 2.00 bits per heavy atom. The van der Waals surface area contributed by atoms with E-state index < -0.39 is 0 Å². The highest BCUT2D eigenvalue weighted by Crippen LogP contribution is 1.23. The molecule has 0 spiro atoms. The fourth-order valence-corrected chi connectivity index (χ4v) is 0. The van der Waals surface area contributed by atoms with Gasteiger partial charge >= 0.3 is 16.3 Å². The third-order valence-corrected chi connectivity index (χ3v) is 0. The zero-order valence-electron chi connectivity index (χ0n) is 2.58. The quantitative estimate of drug-likeness (QED) is 0.204. The highest BCUT2D eigenvalue weighted by Gasteiger charge is 1.57. The van der Waals surface area contributed by atoms with Gasteiger partial charge in [0.15, 0.2) is 0 Å². The molecule has 0 saturated heterocycles. The Bertz CT molecular complexity index is 29.0. The number of hydrogen-bond donors (Lipinski definition) is 2. The second-order valence-electron chi connectivity index (χ2n) is 0.683. The Kier molecular flexibility index (Phi) is 1.34. The lowest BCUT2D eigenvalue weighted by Crippen LogP contribution is -2.06. The van der Waals surface area contributed by atoms with Gasteiger partial charge in [0, 0.05) is 0 Å². The van der Waals surface area contributed by atoms with Gasteiger partial charge in [-0.2, -0.15) is 0 Å². The normalized spacial score (nSPS) is 6.00. The molecule has 0 amide bonds. The third-order valence-electron chi connectivity index (χ3n) is 0. The summed E-state index contributed by atoms with van der Waals surface area (Å²) in [6, 6.07) is 0. The molecule has 3 heteroatoms. The van der Waals surface area contributed by atoms with E-state index in [-0.39, 0.29) is 0 Å². The molecular formula is CH5AlN2. The molecular weight excluding hydrogens is 67.0 g/mol. The van der Waals surface area contributed by atoms with E-state index >= 15 is 0 Å². The molecule has 0 rings (SSSR count). The lowest BCUT2D eigenvalue weighted by atomic mass is 11.4.